The van der Waals surface area contributed by atoms with Crippen LogP contribution in [0.5, 0.6) is 0 Å². The molecule has 15 heavy (non-hydrogen) atoms. The first-order chi connectivity index (χ1) is 6.84. The van der Waals surface area contributed by atoms with Gasteiger partial charge in [0.15, 0.2) is 0 Å². The molecule has 1 aromatic rings. The fourth-order valence-electron chi connectivity index (χ4n) is 1.24. The molecule has 1 atom stereocenters. The minimum absolute atomic E-state index is 0.0908. The molecule has 0 saturated heterocycles. The summed E-state index contributed by atoms with van der Waals surface area (Å²) in [7, 11) is 6.00. The van der Waals surface area contributed by atoms with Crippen molar-refractivity contribution >= 4 is 17.4 Å². The fraction of sp³-hybridized carbons (Fsp3) is 0.417. The van der Waals surface area contributed by atoms with Gasteiger partial charge in [-0.05, 0) is 19.1 Å². The molecule has 0 aliphatic heterocycles. The number of Topliss-reactive ketones (excluding diaryl/α,β-unsaturated/α-hetero) is 1. The van der Waals surface area contributed by atoms with Gasteiger partial charge >= 0.3 is 0 Å². The Morgan fingerprint density at radius 3 is 2.27 bits per heavy atom. The third-order valence-electron chi connectivity index (χ3n) is 2.68. The molecular weight excluding hydrogens is 210 g/mol. The zero-order chi connectivity index (χ0) is 11.6. The van der Waals surface area contributed by atoms with Crippen LogP contribution in [0.3, 0.4) is 0 Å². The predicted molar refractivity (Wildman–Crippen MR) is 63.3 cm³/mol. The van der Waals surface area contributed by atoms with E-state index in [4.69, 9.17) is 11.6 Å². The number of likely N-dealkylation sites (N-methyl/N-ethyl adjacent to an activating group) is 1. The van der Waals surface area contributed by atoms with Crippen LogP contribution in [0.1, 0.15) is 17.3 Å². The largest absolute Gasteiger partial charge is 0.322 e. The molecule has 1 rings (SSSR count). The second-order valence-electron chi connectivity index (χ2n) is 4.64. The molecule has 0 radical (unpaired) electrons. The molecule has 0 aliphatic rings. The number of halogens is 1. The lowest BCUT2D eigenvalue weighted by atomic mass is 10.0. The highest BCUT2D eigenvalue weighted by Crippen LogP contribution is 2.19. The molecule has 0 heterocycles. The molecule has 0 spiro atoms. The van der Waals surface area contributed by atoms with E-state index < -0.39 is 0 Å². The summed E-state index contributed by atoms with van der Waals surface area (Å²) in [5, 5.41) is 0.530. The minimum Gasteiger partial charge on any atom is -0.322 e. The maximum absolute atomic E-state index is 12.1. The summed E-state index contributed by atoms with van der Waals surface area (Å²) in [6.07, 6.45) is 0. The summed E-state index contributed by atoms with van der Waals surface area (Å²) in [4.78, 5) is 12.1. The minimum atomic E-state index is -0.0927. The van der Waals surface area contributed by atoms with Crippen molar-refractivity contribution in [3.63, 3.8) is 0 Å². The van der Waals surface area contributed by atoms with Crippen LogP contribution in [-0.2, 0) is 0 Å². The molecule has 0 bridgehead atoms. The van der Waals surface area contributed by atoms with Gasteiger partial charge in [0, 0.05) is 5.56 Å². The van der Waals surface area contributed by atoms with E-state index in [0.717, 1.165) is 0 Å². The van der Waals surface area contributed by atoms with Gasteiger partial charge in [-0.3, -0.25) is 4.79 Å². The Morgan fingerprint density at radius 2 is 1.80 bits per heavy atom. The number of carbonyl (C=O) groups is 1. The smallest absolute Gasteiger partial charge is 0.221 e. The maximum Gasteiger partial charge on any atom is 0.221 e. The SMILES string of the molecule is CC(C(=O)c1ccccc1Cl)[N+](C)(C)C. The van der Waals surface area contributed by atoms with Crippen LogP contribution in [0, 0.1) is 0 Å². The average molecular weight is 227 g/mol. The molecule has 3 heteroatoms. The topological polar surface area (TPSA) is 17.1 Å². The summed E-state index contributed by atoms with van der Waals surface area (Å²) in [6, 6.07) is 7.09. The molecule has 82 valence electrons. The molecule has 0 amide bonds. The van der Waals surface area contributed by atoms with Gasteiger partial charge in [0.2, 0.25) is 5.78 Å². The molecule has 0 fully saturated rings. The Kier molecular flexibility index (Phi) is 3.53. The van der Waals surface area contributed by atoms with E-state index in [9.17, 15) is 4.79 Å². The average Bonchev–Trinajstić information content (AvgIpc) is 2.15. The zero-order valence-electron chi connectivity index (χ0n) is 9.62. The van der Waals surface area contributed by atoms with Crippen LogP contribution >= 0.6 is 11.6 Å². The highest BCUT2D eigenvalue weighted by Gasteiger charge is 2.28. The normalized spacial score (nSPS) is 13.7. The Labute approximate surface area is 96.1 Å². The van der Waals surface area contributed by atoms with Gasteiger partial charge in [-0.1, -0.05) is 23.7 Å². The first kappa shape index (κ1) is 12.2. The Balaban J connectivity index is 3.01. The number of carbonyl (C=O) groups excluding carboxylic acids is 1. The number of ketones is 1. The van der Waals surface area contributed by atoms with E-state index in [2.05, 4.69) is 0 Å². The summed E-state index contributed by atoms with van der Waals surface area (Å²) in [6.45, 7) is 1.92. The summed E-state index contributed by atoms with van der Waals surface area (Å²) in [5.41, 5.74) is 0.611. The van der Waals surface area contributed by atoms with Crippen molar-refractivity contribution in [1.82, 2.24) is 0 Å². The second-order valence-corrected chi connectivity index (χ2v) is 5.04. The van der Waals surface area contributed by atoms with Crippen LogP contribution in [0.2, 0.25) is 5.02 Å². The third kappa shape index (κ3) is 2.80. The van der Waals surface area contributed by atoms with Crippen LogP contribution in [-0.4, -0.2) is 37.5 Å². The molecule has 1 unspecified atom stereocenters. The van der Waals surface area contributed by atoms with Gasteiger partial charge in [0.05, 0.1) is 26.2 Å². The molecule has 0 N–H and O–H groups in total. The van der Waals surface area contributed by atoms with Crippen LogP contribution in [0.4, 0.5) is 0 Å². The van der Waals surface area contributed by atoms with Gasteiger partial charge in [-0.2, -0.15) is 0 Å². The first-order valence-corrected chi connectivity index (χ1v) is 5.31. The molecule has 0 aliphatic carbocycles. The summed E-state index contributed by atoms with van der Waals surface area (Å²) in [5.74, 6) is 0.0908. The first-order valence-electron chi connectivity index (χ1n) is 4.94. The fourth-order valence-corrected chi connectivity index (χ4v) is 1.47. The van der Waals surface area contributed by atoms with Crippen molar-refractivity contribution in [2.45, 2.75) is 13.0 Å². The van der Waals surface area contributed by atoms with Crippen molar-refractivity contribution in [3.8, 4) is 0 Å². The van der Waals surface area contributed by atoms with E-state index in [1.807, 2.05) is 40.2 Å². The highest BCUT2D eigenvalue weighted by molar-refractivity contribution is 6.34. The monoisotopic (exact) mass is 226 g/mol. The van der Waals surface area contributed by atoms with E-state index in [1.54, 1.807) is 12.1 Å². The quantitative estimate of drug-likeness (QED) is 0.572. The third-order valence-corrected chi connectivity index (χ3v) is 3.01. The number of hydrogen-bond acceptors (Lipinski definition) is 1. The number of hydrogen-bond donors (Lipinski definition) is 0. The second kappa shape index (κ2) is 4.33. The summed E-state index contributed by atoms with van der Waals surface area (Å²) >= 11 is 5.99. The van der Waals surface area contributed by atoms with E-state index >= 15 is 0 Å². The lowest BCUT2D eigenvalue weighted by Crippen LogP contribution is -2.47. The number of quaternary nitrogens is 1. The maximum atomic E-state index is 12.1. The van der Waals surface area contributed by atoms with Crippen molar-refractivity contribution in [2.75, 3.05) is 21.1 Å². The molecule has 1 aromatic carbocycles. The van der Waals surface area contributed by atoms with Crippen molar-refractivity contribution in [1.29, 1.82) is 0 Å². The van der Waals surface area contributed by atoms with Gasteiger partial charge < -0.3 is 4.48 Å². The van der Waals surface area contributed by atoms with Gasteiger partial charge in [0.1, 0.15) is 6.04 Å². The van der Waals surface area contributed by atoms with Crippen LogP contribution in [0.15, 0.2) is 24.3 Å². The molecular formula is C12H17ClNO+. The van der Waals surface area contributed by atoms with Crippen molar-refractivity contribution in [2.24, 2.45) is 0 Å². The summed E-state index contributed by atoms with van der Waals surface area (Å²) < 4.78 is 0.601. The molecule has 0 aromatic heterocycles. The highest BCUT2D eigenvalue weighted by atomic mass is 35.5. The molecule has 2 nitrogen and oxygen atoms in total. The lowest BCUT2D eigenvalue weighted by molar-refractivity contribution is -0.883. The van der Waals surface area contributed by atoms with Gasteiger partial charge in [-0.15, -0.1) is 0 Å². The van der Waals surface area contributed by atoms with Crippen molar-refractivity contribution < 1.29 is 9.28 Å². The zero-order valence-corrected chi connectivity index (χ0v) is 10.4. The standard InChI is InChI=1S/C12H17ClNO/c1-9(14(2,3)4)12(15)10-7-5-6-8-11(10)13/h5-9H,1-4H3/q+1. The Morgan fingerprint density at radius 1 is 1.27 bits per heavy atom. The van der Waals surface area contributed by atoms with Crippen LogP contribution in [0.25, 0.3) is 0 Å². The predicted octanol–water partition coefficient (Wildman–Crippen LogP) is 2.62. The van der Waals surface area contributed by atoms with Gasteiger partial charge in [0.25, 0.3) is 0 Å². The number of benzene rings is 1. The number of rotatable bonds is 3. The van der Waals surface area contributed by atoms with Gasteiger partial charge in [-0.25, -0.2) is 0 Å². The van der Waals surface area contributed by atoms with E-state index in [-0.39, 0.29) is 11.8 Å². The number of nitrogens with zero attached hydrogens (tertiary/aromatic N) is 1. The Bertz CT molecular complexity index is 368. The van der Waals surface area contributed by atoms with Crippen molar-refractivity contribution in [3.05, 3.63) is 34.9 Å². The van der Waals surface area contributed by atoms with E-state index in [1.165, 1.54) is 0 Å². The van der Waals surface area contributed by atoms with Crippen LogP contribution < -0.4 is 0 Å². The Hall–Kier alpha value is -0.860. The molecule has 0 saturated carbocycles. The lowest BCUT2D eigenvalue weighted by Gasteiger charge is -2.30. The van der Waals surface area contributed by atoms with E-state index in [0.29, 0.717) is 15.1 Å².